The minimum absolute atomic E-state index is 0.906. The molecule has 0 atom stereocenters. The van der Waals surface area contributed by atoms with Crippen LogP contribution in [0.4, 0.5) is 0 Å². The number of allylic oxidation sites excluding steroid dienone is 8. The molecule has 0 unspecified atom stereocenters. The summed E-state index contributed by atoms with van der Waals surface area (Å²) in [5, 5.41) is 0. The second-order valence-corrected chi connectivity index (χ2v) is 15.1. The van der Waals surface area contributed by atoms with Gasteiger partial charge in [-0.25, -0.2) is 0 Å². The molecule has 2 aromatic rings. The second kappa shape index (κ2) is 8.32. The van der Waals surface area contributed by atoms with Crippen LogP contribution in [0.3, 0.4) is 0 Å². The van der Waals surface area contributed by atoms with Gasteiger partial charge in [-0.3, -0.25) is 0 Å². The summed E-state index contributed by atoms with van der Waals surface area (Å²) < 4.78 is 16.9. The molecule has 0 radical (unpaired) electrons. The molecular weight excluding hydrogens is 436 g/mol. The average molecular weight is 464 g/mol. The molecule has 2 aliphatic rings. The zero-order valence-electron chi connectivity index (χ0n) is 17.7. The van der Waals surface area contributed by atoms with E-state index in [-0.39, 0.29) is 0 Å². The second-order valence-electron chi connectivity index (χ2n) is 7.91. The van der Waals surface area contributed by atoms with Gasteiger partial charge in [-0.1, -0.05) is 0 Å². The number of rotatable bonds is 6. The third-order valence-corrected chi connectivity index (χ3v) is 14.1. The number of aryl methyl sites for hydroxylation is 4. The Morgan fingerprint density at radius 2 is 1.00 bits per heavy atom. The van der Waals surface area contributed by atoms with Crippen molar-refractivity contribution in [2.24, 2.45) is 0 Å². The van der Waals surface area contributed by atoms with Crippen LogP contribution in [0.25, 0.3) is 0 Å². The predicted octanol–water partition coefficient (Wildman–Crippen LogP) is 7.05. The first kappa shape index (κ1) is 20.2. The third-order valence-electron chi connectivity index (χ3n) is 5.70. The van der Waals surface area contributed by atoms with Crippen LogP contribution in [-0.2, 0) is 21.1 Å². The average Bonchev–Trinajstić information content (AvgIpc) is 3.41. The molecule has 2 aliphatic carbocycles. The maximum absolute atomic E-state index is 7.12. The van der Waals surface area contributed by atoms with Gasteiger partial charge in [0.15, 0.2) is 0 Å². The molecular formula is C26H28O2Zr. The summed E-state index contributed by atoms with van der Waals surface area (Å²) in [5.74, 6) is 1.96. The summed E-state index contributed by atoms with van der Waals surface area (Å²) in [6.07, 6.45) is 15.0. The Labute approximate surface area is 179 Å². The van der Waals surface area contributed by atoms with Crippen molar-refractivity contribution in [1.29, 1.82) is 0 Å². The summed E-state index contributed by atoms with van der Waals surface area (Å²) in [6.45, 7) is 8.50. The first-order valence-corrected chi connectivity index (χ1v) is 14.7. The number of benzene rings is 2. The Hall–Kier alpha value is -2.12. The van der Waals surface area contributed by atoms with Gasteiger partial charge < -0.3 is 0 Å². The van der Waals surface area contributed by atoms with Crippen molar-refractivity contribution in [3.8, 4) is 11.5 Å². The van der Waals surface area contributed by atoms with Crippen LogP contribution < -0.4 is 5.63 Å². The zero-order valence-corrected chi connectivity index (χ0v) is 20.1. The van der Waals surface area contributed by atoms with Gasteiger partial charge in [-0.05, 0) is 0 Å². The molecule has 0 amide bonds. The van der Waals surface area contributed by atoms with E-state index in [1.54, 1.807) is 0 Å². The third kappa shape index (κ3) is 3.86. The summed E-state index contributed by atoms with van der Waals surface area (Å²) in [4.78, 5) is 0. The predicted molar refractivity (Wildman–Crippen MR) is 117 cm³/mol. The SMILES string of the molecule is Cc1cccc(C)c1[O][Zr]([O]c1c(C)cccc1C)([C]1=CC=CC1)[C]1=CC=CC1. The molecule has 0 aliphatic heterocycles. The molecule has 0 aromatic heterocycles. The van der Waals surface area contributed by atoms with Crippen molar-refractivity contribution < 1.29 is 26.8 Å². The minimum atomic E-state index is -3.95. The van der Waals surface area contributed by atoms with E-state index in [1.165, 1.54) is 6.56 Å². The van der Waals surface area contributed by atoms with Gasteiger partial charge in [0, 0.05) is 0 Å². The molecule has 0 spiro atoms. The van der Waals surface area contributed by atoms with Crippen LogP contribution in [0.15, 0.2) is 79.4 Å². The van der Waals surface area contributed by atoms with Crippen LogP contribution in [0, 0.1) is 27.7 Å². The van der Waals surface area contributed by atoms with Gasteiger partial charge in [0.25, 0.3) is 0 Å². The van der Waals surface area contributed by atoms with Crippen molar-refractivity contribution >= 4 is 0 Å². The summed E-state index contributed by atoms with van der Waals surface area (Å²) in [5.41, 5.74) is 4.65. The molecule has 0 N–H and O–H groups in total. The number of hydrogen-bond acceptors (Lipinski definition) is 2. The topological polar surface area (TPSA) is 18.5 Å². The monoisotopic (exact) mass is 462 g/mol. The van der Waals surface area contributed by atoms with Crippen LogP contribution in [0.5, 0.6) is 11.5 Å². The van der Waals surface area contributed by atoms with Crippen LogP contribution in [0.1, 0.15) is 35.1 Å². The van der Waals surface area contributed by atoms with Gasteiger partial charge in [0.2, 0.25) is 0 Å². The Morgan fingerprint density at radius 3 is 1.31 bits per heavy atom. The normalized spacial score (nSPS) is 15.4. The van der Waals surface area contributed by atoms with Gasteiger partial charge in [-0.15, -0.1) is 0 Å². The summed E-state index contributed by atoms with van der Waals surface area (Å²) in [6, 6.07) is 12.7. The van der Waals surface area contributed by atoms with E-state index >= 15 is 0 Å². The molecule has 2 nitrogen and oxygen atoms in total. The van der Waals surface area contributed by atoms with Crippen molar-refractivity contribution in [3.05, 3.63) is 102 Å². The van der Waals surface area contributed by atoms with Crippen molar-refractivity contribution in [1.82, 2.24) is 0 Å². The van der Waals surface area contributed by atoms with Gasteiger partial charge in [-0.2, -0.15) is 0 Å². The fourth-order valence-electron chi connectivity index (χ4n) is 4.08. The Kier molecular flexibility index (Phi) is 5.79. The van der Waals surface area contributed by atoms with Crippen LogP contribution in [-0.4, -0.2) is 0 Å². The molecule has 0 heterocycles. The van der Waals surface area contributed by atoms with Crippen LogP contribution >= 0.6 is 0 Å². The van der Waals surface area contributed by atoms with E-state index in [4.69, 9.17) is 5.63 Å². The molecule has 3 heteroatoms. The van der Waals surface area contributed by atoms with Gasteiger partial charge >= 0.3 is 180 Å². The fourth-order valence-corrected chi connectivity index (χ4v) is 12.9. The first-order valence-electron chi connectivity index (χ1n) is 10.2. The van der Waals surface area contributed by atoms with Crippen molar-refractivity contribution in [2.75, 3.05) is 0 Å². The van der Waals surface area contributed by atoms with E-state index in [2.05, 4.69) is 101 Å². The zero-order chi connectivity index (χ0) is 20.4. The Morgan fingerprint density at radius 1 is 0.621 bits per heavy atom. The van der Waals surface area contributed by atoms with Crippen LogP contribution in [0.2, 0.25) is 0 Å². The van der Waals surface area contributed by atoms with Crippen molar-refractivity contribution in [2.45, 2.75) is 40.5 Å². The maximum atomic E-state index is 7.12. The Balaban J connectivity index is 1.89. The number of para-hydroxylation sites is 2. The Bertz CT molecular complexity index is 930. The molecule has 0 saturated carbocycles. The van der Waals surface area contributed by atoms with Gasteiger partial charge in [0.1, 0.15) is 0 Å². The van der Waals surface area contributed by atoms with E-state index in [1.807, 2.05) is 0 Å². The molecule has 0 saturated heterocycles. The fraction of sp³-hybridized carbons (Fsp3) is 0.231. The molecule has 2 aromatic carbocycles. The molecule has 148 valence electrons. The summed E-state index contributed by atoms with van der Waals surface area (Å²) in [7, 11) is 0. The van der Waals surface area contributed by atoms with Gasteiger partial charge in [0.05, 0.1) is 0 Å². The quantitative estimate of drug-likeness (QED) is 0.457. The van der Waals surface area contributed by atoms with Crippen molar-refractivity contribution in [3.63, 3.8) is 0 Å². The molecule has 29 heavy (non-hydrogen) atoms. The molecule has 4 rings (SSSR count). The van der Waals surface area contributed by atoms with E-state index in [0.29, 0.717) is 0 Å². The van der Waals surface area contributed by atoms with E-state index < -0.39 is 21.1 Å². The molecule has 0 fully saturated rings. The molecule has 0 bridgehead atoms. The summed E-state index contributed by atoms with van der Waals surface area (Å²) >= 11 is -3.95. The standard InChI is InChI=1S/2C8H10O.2C5H5.Zr/c2*1-6-4-3-5-7(2)8(6)9;2*1-2-4-5-3-1;/h2*3-5,9H,1-2H3;2*1-3H,4H2;/q;;;;+2/p-2. The number of hydrogen-bond donors (Lipinski definition) is 0. The first-order chi connectivity index (χ1) is 14.0. The van der Waals surface area contributed by atoms with E-state index in [0.717, 1.165) is 46.6 Å². The van der Waals surface area contributed by atoms with E-state index in [9.17, 15) is 0 Å².